The Hall–Kier alpha value is -4.50. The van der Waals surface area contributed by atoms with Gasteiger partial charge in [0.05, 0.1) is 12.3 Å². The number of aliphatic carboxylic acids is 1. The summed E-state index contributed by atoms with van der Waals surface area (Å²) in [5.41, 5.74) is 1.84. The van der Waals surface area contributed by atoms with E-state index in [0.717, 1.165) is 34.7 Å². The average molecular weight is 576 g/mol. The summed E-state index contributed by atoms with van der Waals surface area (Å²) in [5.74, 6) is -1.56. The molecular formula is C32H27F2NO5S. The monoisotopic (exact) mass is 575 g/mol. The third kappa shape index (κ3) is 6.63. The second kappa shape index (κ2) is 11.9. The lowest BCUT2D eigenvalue weighted by Crippen LogP contribution is -2.43. The molecule has 0 amide bonds. The fourth-order valence-corrected chi connectivity index (χ4v) is 5.05. The van der Waals surface area contributed by atoms with Crippen LogP contribution in [0.15, 0.2) is 88.7 Å². The number of oxazole rings is 1. The van der Waals surface area contributed by atoms with E-state index in [1.165, 1.54) is 17.9 Å². The molecule has 2 aromatic heterocycles. The molecule has 41 heavy (non-hydrogen) atoms. The average Bonchev–Trinajstić information content (AvgIpc) is 3.62. The first kappa shape index (κ1) is 28.0. The number of hydrogen-bond acceptors (Lipinski definition) is 6. The van der Waals surface area contributed by atoms with Gasteiger partial charge in [0.1, 0.15) is 17.3 Å². The summed E-state index contributed by atoms with van der Waals surface area (Å²) in [7, 11) is 0. The van der Waals surface area contributed by atoms with Gasteiger partial charge in [-0.2, -0.15) is 0 Å². The van der Waals surface area contributed by atoms with Gasteiger partial charge in [0.15, 0.2) is 11.6 Å². The predicted octanol–water partition coefficient (Wildman–Crippen LogP) is 7.74. The van der Waals surface area contributed by atoms with Crippen molar-refractivity contribution in [2.45, 2.75) is 32.3 Å². The van der Waals surface area contributed by atoms with Gasteiger partial charge in [-0.3, -0.25) is 0 Å². The Morgan fingerprint density at radius 1 is 0.976 bits per heavy atom. The zero-order valence-corrected chi connectivity index (χ0v) is 23.2. The summed E-state index contributed by atoms with van der Waals surface area (Å²) in [4.78, 5) is 17.8. The molecule has 1 N–H and O–H groups in total. The number of carboxylic acids is 1. The number of aromatic nitrogens is 1. The van der Waals surface area contributed by atoms with E-state index in [9.17, 15) is 18.7 Å². The molecule has 0 spiro atoms. The number of thiophene rings is 1. The van der Waals surface area contributed by atoms with Crippen LogP contribution in [0.2, 0.25) is 0 Å². The first-order valence-electron chi connectivity index (χ1n) is 12.9. The molecular weight excluding hydrogens is 548 g/mol. The number of ether oxygens (including phenoxy) is 2. The number of benzene rings is 3. The van der Waals surface area contributed by atoms with Crippen LogP contribution in [0.1, 0.15) is 23.9 Å². The van der Waals surface area contributed by atoms with Gasteiger partial charge in [-0.15, -0.1) is 11.3 Å². The standard InChI is InChI=1S/C32H27F2NO5S/c1-20-28(35-30(39-20)23-9-7-22(8-10-23)29-4-3-17-41-29)15-16-38-24-11-5-21(6-12-24)19-32(2,31(36)37)40-25-13-14-26(33)27(34)18-25/h3-14,17-18H,15-16,19H2,1-2H3,(H,36,37). The molecule has 0 saturated heterocycles. The maximum Gasteiger partial charge on any atom is 0.348 e. The Bertz CT molecular complexity index is 1630. The van der Waals surface area contributed by atoms with E-state index < -0.39 is 23.2 Å². The van der Waals surface area contributed by atoms with Crippen molar-refractivity contribution in [2.75, 3.05) is 6.61 Å². The first-order valence-corrected chi connectivity index (χ1v) is 13.8. The normalized spacial score (nSPS) is 12.6. The minimum Gasteiger partial charge on any atom is -0.493 e. The number of aryl methyl sites for hydroxylation is 1. The molecule has 6 nitrogen and oxygen atoms in total. The molecule has 5 rings (SSSR count). The minimum absolute atomic E-state index is 0.00315. The Labute approximate surface area is 239 Å². The van der Waals surface area contributed by atoms with Gasteiger partial charge < -0.3 is 19.0 Å². The van der Waals surface area contributed by atoms with Crippen molar-refractivity contribution in [1.82, 2.24) is 4.98 Å². The van der Waals surface area contributed by atoms with Gasteiger partial charge in [0.2, 0.25) is 11.5 Å². The van der Waals surface area contributed by atoms with Gasteiger partial charge in [-0.05, 0) is 72.8 Å². The SMILES string of the molecule is Cc1oc(-c2ccc(-c3cccs3)cc2)nc1CCOc1ccc(CC(C)(Oc2ccc(F)c(F)c2)C(=O)O)cc1. The van der Waals surface area contributed by atoms with E-state index in [1.54, 1.807) is 35.6 Å². The van der Waals surface area contributed by atoms with Crippen LogP contribution in [0.25, 0.3) is 21.9 Å². The molecule has 0 aliphatic rings. The molecule has 0 aliphatic heterocycles. The number of carbonyl (C=O) groups is 1. The molecule has 0 aliphatic carbocycles. The molecule has 5 aromatic rings. The molecule has 0 saturated carbocycles. The van der Waals surface area contributed by atoms with Crippen molar-refractivity contribution >= 4 is 17.3 Å². The molecule has 3 aromatic carbocycles. The molecule has 0 bridgehead atoms. The summed E-state index contributed by atoms with van der Waals surface area (Å²) >= 11 is 1.69. The van der Waals surface area contributed by atoms with Crippen LogP contribution in [0.5, 0.6) is 11.5 Å². The number of carboxylic acid groups (broad SMARTS) is 1. The highest BCUT2D eigenvalue weighted by Crippen LogP contribution is 2.29. The Morgan fingerprint density at radius 3 is 2.34 bits per heavy atom. The van der Waals surface area contributed by atoms with Crippen molar-refractivity contribution < 1.29 is 32.6 Å². The predicted molar refractivity (Wildman–Crippen MR) is 152 cm³/mol. The highest BCUT2D eigenvalue weighted by atomic mass is 32.1. The first-order chi connectivity index (χ1) is 19.7. The van der Waals surface area contributed by atoms with Gasteiger partial charge in [0, 0.05) is 29.3 Å². The largest absolute Gasteiger partial charge is 0.493 e. The smallest absolute Gasteiger partial charge is 0.348 e. The lowest BCUT2D eigenvalue weighted by Gasteiger charge is -2.26. The molecule has 0 fully saturated rings. The van der Waals surface area contributed by atoms with Crippen molar-refractivity contribution in [2.24, 2.45) is 0 Å². The van der Waals surface area contributed by atoms with Crippen LogP contribution < -0.4 is 9.47 Å². The fourth-order valence-electron chi connectivity index (χ4n) is 4.32. The molecule has 1 atom stereocenters. The van der Waals surface area contributed by atoms with Crippen molar-refractivity contribution in [3.63, 3.8) is 0 Å². The zero-order chi connectivity index (χ0) is 29.0. The van der Waals surface area contributed by atoms with Crippen LogP contribution in [-0.4, -0.2) is 28.3 Å². The second-order valence-electron chi connectivity index (χ2n) is 9.71. The fraction of sp³-hybridized carbons (Fsp3) is 0.188. The third-order valence-electron chi connectivity index (χ3n) is 6.59. The molecule has 1 unspecified atom stereocenters. The van der Waals surface area contributed by atoms with Gasteiger partial charge >= 0.3 is 5.97 Å². The maximum absolute atomic E-state index is 13.6. The van der Waals surface area contributed by atoms with E-state index in [0.29, 0.717) is 30.2 Å². The van der Waals surface area contributed by atoms with Crippen molar-refractivity contribution in [1.29, 1.82) is 0 Å². The van der Waals surface area contributed by atoms with Crippen LogP contribution in [0, 0.1) is 18.6 Å². The van der Waals surface area contributed by atoms with E-state index in [4.69, 9.17) is 13.9 Å². The lowest BCUT2D eigenvalue weighted by atomic mass is 9.96. The van der Waals surface area contributed by atoms with Gasteiger partial charge in [0.25, 0.3) is 0 Å². The van der Waals surface area contributed by atoms with Crippen LogP contribution in [0.3, 0.4) is 0 Å². The highest BCUT2D eigenvalue weighted by molar-refractivity contribution is 7.13. The van der Waals surface area contributed by atoms with E-state index in [2.05, 4.69) is 28.6 Å². The number of hydrogen-bond donors (Lipinski definition) is 1. The molecule has 2 heterocycles. The Morgan fingerprint density at radius 2 is 1.68 bits per heavy atom. The summed E-state index contributed by atoms with van der Waals surface area (Å²) < 4.78 is 44.2. The summed E-state index contributed by atoms with van der Waals surface area (Å²) in [5, 5.41) is 11.8. The van der Waals surface area contributed by atoms with E-state index >= 15 is 0 Å². The Kier molecular flexibility index (Phi) is 8.16. The van der Waals surface area contributed by atoms with Crippen LogP contribution in [0.4, 0.5) is 8.78 Å². The van der Waals surface area contributed by atoms with Gasteiger partial charge in [-0.25, -0.2) is 18.6 Å². The van der Waals surface area contributed by atoms with Crippen LogP contribution in [-0.2, 0) is 17.6 Å². The summed E-state index contributed by atoms with van der Waals surface area (Å²) in [6, 6.07) is 22.1. The summed E-state index contributed by atoms with van der Waals surface area (Å²) in [6.45, 7) is 3.63. The third-order valence-corrected chi connectivity index (χ3v) is 7.51. The molecule has 0 radical (unpaired) electrons. The number of nitrogens with zero attached hydrogens (tertiary/aromatic N) is 1. The van der Waals surface area contributed by atoms with Crippen molar-refractivity contribution in [3.05, 3.63) is 113 Å². The van der Waals surface area contributed by atoms with Crippen molar-refractivity contribution in [3.8, 4) is 33.4 Å². The maximum atomic E-state index is 13.6. The van der Waals surface area contributed by atoms with E-state index in [1.807, 2.05) is 25.1 Å². The second-order valence-corrected chi connectivity index (χ2v) is 10.7. The van der Waals surface area contributed by atoms with Gasteiger partial charge in [-0.1, -0.05) is 30.3 Å². The van der Waals surface area contributed by atoms with Crippen LogP contribution >= 0.6 is 11.3 Å². The number of halogens is 2. The van der Waals surface area contributed by atoms with E-state index in [-0.39, 0.29) is 12.2 Å². The highest BCUT2D eigenvalue weighted by Gasteiger charge is 2.36. The zero-order valence-electron chi connectivity index (χ0n) is 22.4. The molecule has 9 heteroatoms. The molecule has 210 valence electrons. The number of rotatable bonds is 11. The lowest BCUT2D eigenvalue weighted by molar-refractivity contribution is -0.153. The minimum atomic E-state index is -1.70. The topological polar surface area (TPSA) is 81.8 Å². The quantitative estimate of drug-likeness (QED) is 0.174. The Balaban J connectivity index is 1.17. The summed E-state index contributed by atoms with van der Waals surface area (Å²) in [6.07, 6.45) is 0.542.